The van der Waals surface area contributed by atoms with Gasteiger partial charge in [-0.2, -0.15) is 0 Å². The van der Waals surface area contributed by atoms with Crippen molar-refractivity contribution < 1.29 is 24.6 Å². The highest BCUT2D eigenvalue weighted by atomic mass is 32.2. The number of aliphatic carboxylic acids is 1. The molecule has 2 N–H and O–H groups in total. The number of nitrogens with zero attached hydrogens (tertiary/aromatic N) is 2. The number of carboxylic acids is 1. The molecule has 4 fully saturated rings. The van der Waals surface area contributed by atoms with Gasteiger partial charge in [0.05, 0.1) is 29.2 Å². The van der Waals surface area contributed by atoms with Crippen molar-refractivity contribution in [1.82, 2.24) is 9.80 Å². The number of amides is 2. The summed E-state index contributed by atoms with van der Waals surface area (Å²) in [6.07, 6.45) is 8.17. The van der Waals surface area contributed by atoms with Crippen molar-refractivity contribution in [3.8, 4) is 0 Å². The van der Waals surface area contributed by atoms with Crippen molar-refractivity contribution in [1.29, 1.82) is 0 Å². The number of carboxylic acid groups (broad SMARTS) is 1. The minimum absolute atomic E-state index is 0.0501. The molecule has 4 rings (SSSR count). The van der Waals surface area contributed by atoms with Gasteiger partial charge in [0.2, 0.25) is 11.8 Å². The van der Waals surface area contributed by atoms with E-state index < -0.39 is 34.6 Å². The van der Waals surface area contributed by atoms with E-state index in [2.05, 4.69) is 13.5 Å². The Kier molecular flexibility index (Phi) is 6.65. The lowest BCUT2D eigenvalue weighted by molar-refractivity contribution is -0.150. The van der Waals surface area contributed by atoms with Gasteiger partial charge in [0, 0.05) is 17.8 Å². The molecule has 2 bridgehead atoms. The van der Waals surface area contributed by atoms with Crippen LogP contribution in [0.2, 0.25) is 0 Å². The number of hydrogen-bond acceptors (Lipinski definition) is 5. The third-order valence-electron chi connectivity index (χ3n) is 8.40. The van der Waals surface area contributed by atoms with Gasteiger partial charge < -0.3 is 20.0 Å². The Morgan fingerprint density at radius 2 is 2.03 bits per heavy atom. The van der Waals surface area contributed by atoms with Crippen LogP contribution < -0.4 is 0 Å². The molecule has 1 saturated carbocycles. The van der Waals surface area contributed by atoms with Gasteiger partial charge in [0.25, 0.3) is 0 Å². The highest BCUT2D eigenvalue weighted by Crippen LogP contribution is 2.69. The number of likely N-dealkylation sites (tertiary alicyclic amines) is 1. The summed E-state index contributed by atoms with van der Waals surface area (Å²) in [7, 11) is 0. The quantitative estimate of drug-likeness (QED) is 0.536. The molecular weight excluding hydrogens is 428 g/mol. The Labute approximate surface area is 194 Å². The number of thioether (sulfide) groups is 1. The molecule has 0 aromatic rings. The first-order valence-corrected chi connectivity index (χ1v) is 13.0. The molecule has 0 aromatic heterocycles. The average Bonchev–Trinajstić information content (AvgIpc) is 3.37. The molecule has 0 aromatic carbocycles. The van der Waals surface area contributed by atoms with Gasteiger partial charge in [-0.05, 0) is 31.6 Å². The first-order valence-electron chi connectivity index (χ1n) is 12.1. The number of rotatable bonds is 8. The summed E-state index contributed by atoms with van der Waals surface area (Å²) < 4.78 is -0.751. The van der Waals surface area contributed by atoms with Gasteiger partial charge in [0.15, 0.2) is 0 Å². The van der Waals surface area contributed by atoms with Crippen LogP contribution in [0.5, 0.6) is 0 Å². The third kappa shape index (κ3) is 3.31. The van der Waals surface area contributed by atoms with Gasteiger partial charge in [-0.25, -0.2) is 0 Å². The summed E-state index contributed by atoms with van der Waals surface area (Å²) >= 11 is 1.56. The Morgan fingerprint density at radius 3 is 2.59 bits per heavy atom. The Hall–Kier alpha value is -1.54. The summed E-state index contributed by atoms with van der Waals surface area (Å²) in [4.78, 5) is 43.8. The average molecular weight is 465 g/mol. The number of aliphatic hydroxyl groups excluding tert-OH is 1. The van der Waals surface area contributed by atoms with E-state index >= 15 is 0 Å². The van der Waals surface area contributed by atoms with Crippen LogP contribution >= 0.6 is 11.8 Å². The molecule has 8 heteroatoms. The van der Waals surface area contributed by atoms with Crippen LogP contribution in [0.1, 0.15) is 58.8 Å². The molecule has 3 saturated heterocycles. The lowest BCUT2D eigenvalue weighted by atomic mass is 9.66. The van der Waals surface area contributed by atoms with Crippen molar-refractivity contribution in [2.75, 3.05) is 13.2 Å². The third-order valence-corrected chi connectivity index (χ3v) is 10.5. The van der Waals surface area contributed by atoms with Crippen molar-refractivity contribution >= 4 is 29.5 Å². The van der Waals surface area contributed by atoms with Crippen LogP contribution in [0, 0.1) is 17.8 Å². The molecule has 3 heterocycles. The maximum atomic E-state index is 14.3. The maximum absolute atomic E-state index is 14.3. The van der Waals surface area contributed by atoms with E-state index in [1.54, 1.807) is 22.7 Å². The zero-order valence-corrected chi connectivity index (χ0v) is 19.9. The second kappa shape index (κ2) is 9.01. The lowest BCUT2D eigenvalue weighted by Crippen LogP contribution is -2.60. The van der Waals surface area contributed by atoms with Crippen LogP contribution in [0.25, 0.3) is 0 Å². The van der Waals surface area contributed by atoms with Crippen LogP contribution in [0.15, 0.2) is 12.7 Å². The fourth-order valence-corrected chi connectivity index (χ4v) is 9.33. The van der Waals surface area contributed by atoms with Crippen LogP contribution in [-0.4, -0.2) is 79.1 Å². The standard InChI is InChI=1S/C24H36N2O5S/c1-4-11-25(16-9-7-6-8-10-16)22(29)20-24-14(3)12-17(32-24)18(23(30)31)19(24)21(28)26(20)15(5-2)13-27/h4,14-20,27H,1,5-13H2,2-3H3,(H,30,31)/t14?,15-,17+,18-,19-,20?,24?/m0/s1. The maximum Gasteiger partial charge on any atom is 0.308 e. The molecular formula is C24H36N2O5S. The molecule has 0 radical (unpaired) electrons. The van der Waals surface area contributed by atoms with Crippen LogP contribution in [-0.2, 0) is 14.4 Å². The van der Waals surface area contributed by atoms with Gasteiger partial charge in [0.1, 0.15) is 6.04 Å². The number of hydrogen-bond donors (Lipinski definition) is 2. The number of carbonyl (C=O) groups is 3. The molecule has 3 unspecified atom stereocenters. The van der Waals surface area contributed by atoms with E-state index in [-0.39, 0.29) is 35.6 Å². The summed E-state index contributed by atoms with van der Waals surface area (Å²) in [6.45, 7) is 8.01. The fraction of sp³-hybridized carbons (Fsp3) is 0.792. The molecule has 1 spiro atoms. The minimum atomic E-state index is -0.949. The van der Waals surface area contributed by atoms with Crippen LogP contribution in [0.3, 0.4) is 0 Å². The fourth-order valence-electron chi connectivity index (χ4n) is 6.94. The van der Waals surface area contributed by atoms with E-state index in [0.717, 1.165) is 25.7 Å². The predicted octanol–water partition coefficient (Wildman–Crippen LogP) is 2.53. The topological polar surface area (TPSA) is 98.2 Å². The minimum Gasteiger partial charge on any atom is -0.481 e. The number of aliphatic hydroxyl groups is 1. The molecule has 32 heavy (non-hydrogen) atoms. The van der Waals surface area contributed by atoms with E-state index in [4.69, 9.17) is 0 Å². The lowest BCUT2D eigenvalue weighted by Gasteiger charge is -2.44. The normalized spacial score (nSPS) is 37.4. The van der Waals surface area contributed by atoms with Crippen LogP contribution in [0.4, 0.5) is 0 Å². The summed E-state index contributed by atoms with van der Waals surface area (Å²) in [5.74, 6) is -2.75. The monoisotopic (exact) mass is 464 g/mol. The van der Waals surface area contributed by atoms with Gasteiger partial charge in [-0.1, -0.05) is 39.2 Å². The summed E-state index contributed by atoms with van der Waals surface area (Å²) in [5.41, 5.74) is 0. The van der Waals surface area contributed by atoms with E-state index in [0.29, 0.717) is 19.4 Å². The van der Waals surface area contributed by atoms with Gasteiger partial charge in [-0.3, -0.25) is 14.4 Å². The molecule has 3 aliphatic heterocycles. The Bertz CT molecular complexity index is 780. The Balaban J connectivity index is 1.80. The van der Waals surface area contributed by atoms with Gasteiger partial charge >= 0.3 is 5.97 Å². The highest BCUT2D eigenvalue weighted by Gasteiger charge is 2.77. The van der Waals surface area contributed by atoms with Crippen molar-refractivity contribution in [3.63, 3.8) is 0 Å². The predicted molar refractivity (Wildman–Crippen MR) is 123 cm³/mol. The first-order chi connectivity index (χ1) is 15.3. The van der Waals surface area contributed by atoms with Crippen molar-refractivity contribution in [2.45, 2.75) is 86.9 Å². The smallest absolute Gasteiger partial charge is 0.308 e. The molecule has 1 aliphatic carbocycles. The second-order valence-corrected chi connectivity index (χ2v) is 11.5. The van der Waals surface area contributed by atoms with E-state index in [1.807, 2.05) is 11.8 Å². The summed E-state index contributed by atoms with van der Waals surface area (Å²) in [6, 6.07) is -1.12. The molecule has 4 aliphatic rings. The van der Waals surface area contributed by atoms with Crippen molar-refractivity contribution in [3.05, 3.63) is 12.7 Å². The zero-order chi connectivity index (χ0) is 23.2. The van der Waals surface area contributed by atoms with E-state index in [9.17, 15) is 24.6 Å². The largest absolute Gasteiger partial charge is 0.481 e. The first kappa shape index (κ1) is 23.6. The molecule has 7 nitrogen and oxygen atoms in total. The highest BCUT2D eigenvalue weighted by molar-refractivity contribution is 8.02. The van der Waals surface area contributed by atoms with Crippen molar-refractivity contribution in [2.24, 2.45) is 17.8 Å². The SMILES string of the molecule is C=CCN(C(=O)C1N([C@@H](CC)CO)C(=O)[C@@H]2[C@@H](C(=O)O)[C@H]3CC(C)C12S3)C1CCCCC1. The molecule has 7 atom stereocenters. The number of fused-ring (bicyclic) bond motifs is 1. The molecule has 178 valence electrons. The van der Waals surface area contributed by atoms with E-state index in [1.165, 1.54) is 6.42 Å². The summed E-state index contributed by atoms with van der Waals surface area (Å²) in [5, 5.41) is 20.0. The second-order valence-electron chi connectivity index (χ2n) is 9.95. The number of carbonyl (C=O) groups excluding carboxylic acids is 2. The molecule has 2 amide bonds. The Morgan fingerprint density at radius 1 is 1.34 bits per heavy atom. The van der Waals surface area contributed by atoms with Gasteiger partial charge in [-0.15, -0.1) is 18.3 Å². The zero-order valence-electron chi connectivity index (χ0n) is 19.1.